The molecule has 0 spiro atoms. The van der Waals surface area contributed by atoms with E-state index in [1.54, 1.807) is 0 Å². The molecule has 0 bridgehead atoms. The standard InChI is InChI=1S/C58H39NS/c1-4-14-40(15-5-1)43-28-34-48(35-29-43)59(49-36-30-44(31-37-49)41-16-6-2-7-17-41)50-38-32-45(33-39-50)42-24-26-47(27-25-42)55-51-20-10-11-21-52(51)58-57(53-22-12-13-23-54(53)60-58)56(55)46-18-8-3-9-19-46/h1-39H. The Labute approximate surface area is 354 Å². The molecule has 0 unspecified atom stereocenters. The number of anilines is 3. The predicted molar refractivity (Wildman–Crippen MR) is 259 cm³/mol. The topological polar surface area (TPSA) is 3.24 Å². The zero-order valence-corrected chi connectivity index (χ0v) is 33.7. The van der Waals surface area contributed by atoms with Gasteiger partial charge in [-0.3, -0.25) is 0 Å². The van der Waals surface area contributed by atoms with Gasteiger partial charge in [-0.1, -0.05) is 194 Å². The lowest BCUT2D eigenvalue weighted by molar-refractivity contribution is 1.28. The van der Waals surface area contributed by atoms with Gasteiger partial charge in [-0.2, -0.15) is 0 Å². The lowest BCUT2D eigenvalue weighted by Crippen LogP contribution is -2.09. The van der Waals surface area contributed by atoms with Crippen molar-refractivity contribution in [2.45, 2.75) is 0 Å². The van der Waals surface area contributed by atoms with Crippen LogP contribution >= 0.6 is 11.3 Å². The molecule has 0 amide bonds. The van der Waals surface area contributed by atoms with Crippen LogP contribution < -0.4 is 4.90 Å². The van der Waals surface area contributed by atoms with Gasteiger partial charge in [0.15, 0.2) is 0 Å². The van der Waals surface area contributed by atoms with E-state index >= 15 is 0 Å². The van der Waals surface area contributed by atoms with Crippen LogP contribution in [0.25, 0.3) is 86.6 Å². The first-order valence-corrected chi connectivity index (χ1v) is 21.3. The lowest BCUT2D eigenvalue weighted by Gasteiger charge is -2.26. The molecule has 11 rings (SSSR count). The summed E-state index contributed by atoms with van der Waals surface area (Å²) in [5.41, 5.74) is 15.5. The fourth-order valence-corrected chi connectivity index (χ4v) is 10.0. The quantitative estimate of drug-likeness (QED) is 0.148. The molecule has 10 aromatic carbocycles. The van der Waals surface area contributed by atoms with Crippen molar-refractivity contribution >= 4 is 59.3 Å². The lowest BCUT2D eigenvalue weighted by atomic mass is 9.86. The van der Waals surface area contributed by atoms with Crippen LogP contribution in [0.15, 0.2) is 237 Å². The number of hydrogen-bond donors (Lipinski definition) is 0. The summed E-state index contributed by atoms with van der Waals surface area (Å²) < 4.78 is 2.66. The average molecular weight is 782 g/mol. The van der Waals surface area contributed by atoms with Crippen LogP contribution in [0, 0.1) is 0 Å². The highest BCUT2D eigenvalue weighted by molar-refractivity contribution is 7.26. The molecule has 11 aromatic rings. The van der Waals surface area contributed by atoms with E-state index in [1.807, 2.05) is 11.3 Å². The van der Waals surface area contributed by atoms with Crippen molar-refractivity contribution in [1.82, 2.24) is 0 Å². The Balaban J connectivity index is 0.980. The Morgan fingerprint density at radius 2 is 0.583 bits per heavy atom. The Morgan fingerprint density at radius 1 is 0.250 bits per heavy atom. The van der Waals surface area contributed by atoms with Crippen molar-refractivity contribution in [3.63, 3.8) is 0 Å². The van der Waals surface area contributed by atoms with Crippen molar-refractivity contribution in [3.8, 4) is 55.6 Å². The molecule has 0 fully saturated rings. The Hall–Kier alpha value is -7.52. The van der Waals surface area contributed by atoms with Crippen molar-refractivity contribution in [2.24, 2.45) is 0 Å². The number of fused-ring (bicyclic) bond motifs is 5. The van der Waals surface area contributed by atoms with Crippen LogP contribution in [0.2, 0.25) is 0 Å². The molecule has 1 heterocycles. The summed E-state index contributed by atoms with van der Waals surface area (Å²) in [6, 6.07) is 85.8. The highest BCUT2D eigenvalue weighted by atomic mass is 32.1. The van der Waals surface area contributed by atoms with Crippen molar-refractivity contribution in [1.29, 1.82) is 0 Å². The van der Waals surface area contributed by atoms with Gasteiger partial charge in [0, 0.05) is 42.6 Å². The molecule has 0 radical (unpaired) electrons. The van der Waals surface area contributed by atoms with Gasteiger partial charge in [0.25, 0.3) is 0 Å². The van der Waals surface area contributed by atoms with E-state index in [2.05, 4.69) is 241 Å². The SMILES string of the molecule is c1ccc(-c2ccc(N(c3ccc(-c4ccccc4)cc3)c3ccc(-c4ccc(-c5c(-c6ccccc6)c6c7ccccc7sc6c6ccccc56)cc4)cc3)cc2)cc1. The third-order valence-corrected chi connectivity index (χ3v) is 12.9. The fourth-order valence-electron chi connectivity index (χ4n) is 8.78. The van der Waals surface area contributed by atoms with Crippen LogP contribution in [0.4, 0.5) is 17.1 Å². The first-order valence-electron chi connectivity index (χ1n) is 20.5. The van der Waals surface area contributed by atoms with Crippen LogP contribution in [0.3, 0.4) is 0 Å². The van der Waals surface area contributed by atoms with E-state index in [0.717, 1.165) is 17.1 Å². The van der Waals surface area contributed by atoms with Gasteiger partial charge >= 0.3 is 0 Å². The minimum absolute atomic E-state index is 1.10. The first kappa shape index (κ1) is 35.6. The zero-order valence-electron chi connectivity index (χ0n) is 32.9. The summed E-state index contributed by atoms with van der Waals surface area (Å²) in [6.07, 6.45) is 0. The van der Waals surface area contributed by atoms with Crippen molar-refractivity contribution in [2.75, 3.05) is 4.90 Å². The summed E-state index contributed by atoms with van der Waals surface area (Å²) in [5.74, 6) is 0. The highest BCUT2D eigenvalue weighted by Crippen LogP contribution is 2.50. The second-order valence-electron chi connectivity index (χ2n) is 15.2. The Kier molecular flexibility index (Phi) is 9.11. The summed E-state index contributed by atoms with van der Waals surface area (Å²) in [6.45, 7) is 0. The van der Waals surface area contributed by atoms with Gasteiger partial charge in [-0.25, -0.2) is 0 Å². The molecular weight excluding hydrogens is 743 g/mol. The summed E-state index contributed by atoms with van der Waals surface area (Å²) in [4.78, 5) is 2.34. The normalized spacial score (nSPS) is 11.3. The maximum absolute atomic E-state index is 2.34. The van der Waals surface area contributed by atoms with E-state index in [1.165, 1.54) is 86.6 Å². The fraction of sp³-hybridized carbons (Fsp3) is 0. The molecule has 0 aliphatic rings. The van der Waals surface area contributed by atoms with E-state index in [0.29, 0.717) is 0 Å². The molecule has 0 atom stereocenters. The maximum Gasteiger partial charge on any atom is 0.0462 e. The van der Waals surface area contributed by atoms with E-state index < -0.39 is 0 Å². The third kappa shape index (κ3) is 6.44. The Morgan fingerprint density at radius 3 is 1.07 bits per heavy atom. The van der Waals surface area contributed by atoms with Gasteiger partial charge < -0.3 is 4.90 Å². The predicted octanol–water partition coefficient (Wildman–Crippen LogP) is 17.0. The van der Waals surface area contributed by atoms with Gasteiger partial charge in [0.2, 0.25) is 0 Å². The van der Waals surface area contributed by atoms with Gasteiger partial charge in [0.1, 0.15) is 0 Å². The molecule has 1 aromatic heterocycles. The molecule has 0 saturated heterocycles. The maximum atomic E-state index is 2.34. The van der Waals surface area contributed by atoms with E-state index in [-0.39, 0.29) is 0 Å². The average Bonchev–Trinajstić information content (AvgIpc) is 3.73. The van der Waals surface area contributed by atoms with Crippen molar-refractivity contribution < 1.29 is 0 Å². The second-order valence-corrected chi connectivity index (χ2v) is 16.3. The Bertz CT molecular complexity index is 3160. The van der Waals surface area contributed by atoms with Crippen LogP contribution in [0.5, 0.6) is 0 Å². The molecule has 0 N–H and O–H groups in total. The third-order valence-electron chi connectivity index (χ3n) is 11.7. The molecule has 1 nitrogen and oxygen atoms in total. The number of thiophene rings is 1. The van der Waals surface area contributed by atoms with Crippen LogP contribution in [-0.4, -0.2) is 0 Å². The van der Waals surface area contributed by atoms with Crippen LogP contribution in [0.1, 0.15) is 0 Å². The number of rotatable bonds is 8. The largest absolute Gasteiger partial charge is 0.311 e. The highest BCUT2D eigenvalue weighted by Gasteiger charge is 2.21. The molecule has 2 heteroatoms. The number of hydrogen-bond acceptors (Lipinski definition) is 2. The summed E-state index contributed by atoms with van der Waals surface area (Å²) in [5, 5.41) is 5.23. The molecule has 0 aliphatic carbocycles. The monoisotopic (exact) mass is 781 g/mol. The molecule has 60 heavy (non-hydrogen) atoms. The summed E-state index contributed by atoms with van der Waals surface area (Å²) >= 11 is 1.90. The zero-order chi connectivity index (χ0) is 39.8. The molecule has 0 aliphatic heterocycles. The summed E-state index contributed by atoms with van der Waals surface area (Å²) in [7, 11) is 0. The van der Waals surface area contributed by atoms with Gasteiger partial charge in [-0.05, 0) is 103 Å². The first-order chi connectivity index (χ1) is 29.8. The molecule has 0 saturated carbocycles. The molecular formula is C58H39NS. The van der Waals surface area contributed by atoms with Gasteiger partial charge in [-0.15, -0.1) is 11.3 Å². The number of benzene rings is 10. The van der Waals surface area contributed by atoms with E-state index in [4.69, 9.17) is 0 Å². The minimum atomic E-state index is 1.10. The van der Waals surface area contributed by atoms with E-state index in [9.17, 15) is 0 Å². The van der Waals surface area contributed by atoms with Crippen LogP contribution in [-0.2, 0) is 0 Å². The smallest absolute Gasteiger partial charge is 0.0462 e. The second kappa shape index (κ2) is 15.3. The van der Waals surface area contributed by atoms with Crippen molar-refractivity contribution in [3.05, 3.63) is 237 Å². The van der Waals surface area contributed by atoms with Gasteiger partial charge in [0.05, 0.1) is 0 Å². The minimum Gasteiger partial charge on any atom is -0.311 e. The molecule has 282 valence electrons. The number of nitrogens with zero attached hydrogens (tertiary/aromatic N) is 1.